The average molecular weight is 515 g/mol. The highest BCUT2D eigenvalue weighted by Crippen LogP contribution is 2.53. The van der Waals surface area contributed by atoms with Gasteiger partial charge in [0.15, 0.2) is 6.10 Å². The van der Waals surface area contributed by atoms with Crippen molar-refractivity contribution in [2.45, 2.75) is 82.0 Å². The van der Waals surface area contributed by atoms with Crippen LogP contribution in [0.1, 0.15) is 70.0 Å². The van der Waals surface area contributed by atoms with Crippen molar-refractivity contribution < 1.29 is 28.5 Å². The van der Waals surface area contributed by atoms with Crippen molar-refractivity contribution in [1.82, 2.24) is 10.6 Å². The van der Waals surface area contributed by atoms with E-state index >= 15 is 0 Å². The fourth-order valence-electron chi connectivity index (χ4n) is 5.78. The van der Waals surface area contributed by atoms with Crippen LogP contribution < -0.4 is 20.1 Å². The number of amides is 2. The summed E-state index contributed by atoms with van der Waals surface area (Å²) in [7, 11) is 0. The lowest BCUT2D eigenvalue weighted by Gasteiger charge is -2.33. The molecule has 0 spiro atoms. The molecule has 5 rings (SSSR count). The highest BCUT2D eigenvalue weighted by atomic mass is 16.7. The molecule has 1 aliphatic heterocycles. The maximum atomic E-state index is 13.1. The van der Waals surface area contributed by atoms with E-state index in [9.17, 15) is 25.0 Å². The van der Waals surface area contributed by atoms with Crippen molar-refractivity contribution in [2.75, 3.05) is 0 Å². The number of urea groups is 1. The van der Waals surface area contributed by atoms with Crippen LogP contribution in [0.2, 0.25) is 0 Å². The molecule has 1 aromatic carbocycles. The van der Waals surface area contributed by atoms with Crippen LogP contribution in [0, 0.1) is 26.1 Å². The molecule has 12 nitrogen and oxygen atoms in total. The minimum atomic E-state index is -2.14. The Hall–Kier alpha value is -3.83. The highest BCUT2D eigenvalue weighted by molar-refractivity contribution is 5.75. The minimum absolute atomic E-state index is 0.0248. The summed E-state index contributed by atoms with van der Waals surface area (Å²) in [4.78, 5) is 35.9. The van der Waals surface area contributed by atoms with Crippen LogP contribution >= 0.6 is 0 Å². The first-order chi connectivity index (χ1) is 17.9. The van der Waals surface area contributed by atoms with Crippen LogP contribution in [0.5, 0.6) is 17.2 Å². The zero-order chi connectivity index (χ0) is 26.0. The number of nitro groups is 2. The minimum Gasteiger partial charge on any atom is -0.472 e. The zero-order valence-electron chi connectivity index (χ0n) is 20.4. The number of carbonyl (C=O) groups is 1. The van der Waals surface area contributed by atoms with E-state index in [0.717, 1.165) is 64.2 Å². The predicted octanol–water partition coefficient (Wildman–Crippen LogP) is 5.38. The fraction of sp³-hybridized carbons (Fsp3) is 0.560. The van der Waals surface area contributed by atoms with Crippen molar-refractivity contribution in [3.63, 3.8) is 0 Å². The summed E-state index contributed by atoms with van der Waals surface area (Å²) < 4.78 is 17.7. The number of hydrogen-bond acceptors (Lipinski definition) is 8. The third-order valence-electron chi connectivity index (χ3n) is 7.58. The molecule has 2 amide bonds. The summed E-state index contributed by atoms with van der Waals surface area (Å²) >= 11 is 0. The Morgan fingerprint density at radius 3 is 2.41 bits per heavy atom. The molecule has 2 N–H and O–H groups in total. The summed E-state index contributed by atoms with van der Waals surface area (Å²) in [6.45, 7) is 0. The Balaban J connectivity index is 1.48. The first-order valence-corrected chi connectivity index (χ1v) is 12.8. The summed E-state index contributed by atoms with van der Waals surface area (Å²) in [5.74, 6) is -0.0989. The molecule has 198 valence electrons. The van der Waals surface area contributed by atoms with E-state index in [1.165, 1.54) is 30.5 Å². The van der Waals surface area contributed by atoms with E-state index in [1.54, 1.807) is 0 Å². The second-order valence-corrected chi connectivity index (χ2v) is 10.0. The van der Waals surface area contributed by atoms with E-state index in [2.05, 4.69) is 10.6 Å². The molecule has 2 aliphatic carbocycles. The first-order valence-electron chi connectivity index (χ1n) is 12.8. The number of benzene rings is 1. The third kappa shape index (κ3) is 4.79. The van der Waals surface area contributed by atoms with Crippen LogP contribution in [0.15, 0.2) is 34.9 Å². The van der Waals surface area contributed by atoms with Gasteiger partial charge in [-0.2, -0.15) is 0 Å². The maximum Gasteiger partial charge on any atom is 0.395 e. The third-order valence-corrected chi connectivity index (χ3v) is 7.58. The zero-order valence-corrected chi connectivity index (χ0v) is 20.4. The Morgan fingerprint density at radius 2 is 1.73 bits per heavy atom. The molecular weight excluding hydrogens is 484 g/mol. The number of nitrogens with zero attached hydrogens (tertiary/aromatic N) is 2. The number of fused-ring (bicyclic) bond motifs is 1. The summed E-state index contributed by atoms with van der Waals surface area (Å²) in [5, 5.41) is 29.4. The molecule has 0 saturated heterocycles. The maximum absolute atomic E-state index is 13.1. The smallest absolute Gasteiger partial charge is 0.395 e. The number of rotatable bonds is 7. The highest BCUT2D eigenvalue weighted by Gasteiger charge is 2.67. The van der Waals surface area contributed by atoms with Gasteiger partial charge < -0.3 is 19.2 Å². The Bertz CT molecular complexity index is 1170. The number of furan rings is 1. The van der Waals surface area contributed by atoms with E-state index < -0.39 is 27.6 Å². The second-order valence-electron chi connectivity index (χ2n) is 10.0. The Labute approximate surface area is 213 Å². The monoisotopic (exact) mass is 514 g/mol. The quantitative estimate of drug-likeness (QED) is 0.283. The van der Waals surface area contributed by atoms with Gasteiger partial charge >= 0.3 is 11.7 Å². The molecule has 2 atom stereocenters. The Morgan fingerprint density at radius 1 is 1.03 bits per heavy atom. The molecule has 12 heteroatoms. The van der Waals surface area contributed by atoms with Crippen molar-refractivity contribution in [3.05, 3.63) is 56.5 Å². The number of nitro benzene ring substituents is 1. The van der Waals surface area contributed by atoms with Crippen LogP contribution in [0.3, 0.4) is 0 Å². The Kier molecular flexibility index (Phi) is 6.90. The molecule has 2 fully saturated rings. The summed E-state index contributed by atoms with van der Waals surface area (Å²) in [6, 6.07) is 4.88. The standard InChI is InChI=1S/C25H30N4O8/c30-24(26-17-10-5-2-6-11-17)27-25(29(33)34)22(16-8-3-1-4-9-16)37-21-20(15-35-23(21)25)36-19-13-7-12-18(14-19)28(31)32/h7,12-17,22H,1-6,8-11H2,(H2,26,27,30)/t22?,25-/m0/s1. The van der Waals surface area contributed by atoms with Crippen molar-refractivity contribution in [2.24, 2.45) is 5.92 Å². The van der Waals surface area contributed by atoms with E-state index in [0.29, 0.717) is 0 Å². The largest absolute Gasteiger partial charge is 0.472 e. The predicted molar refractivity (Wildman–Crippen MR) is 130 cm³/mol. The number of ether oxygens (including phenoxy) is 2. The molecule has 2 saturated carbocycles. The van der Waals surface area contributed by atoms with Gasteiger partial charge in [-0.3, -0.25) is 25.5 Å². The lowest BCUT2D eigenvalue weighted by Crippen LogP contribution is -2.62. The van der Waals surface area contributed by atoms with E-state index in [-0.39, 0.29) is 40.7 Å². The lowest BCUT2D eigenvalue weighted by molar-refractivity contribution is -0.598. The van der Waals surface area contributed by atoms with Crippen molar-refractivity contribution >= 4 is 11.7 Å². The molecular formula is C25H30N4O8. The van der Waals surface area contributed by atoms with Crippen molar-refractivity contribution in [1.29, 1.82) is 0 Å². The van der Waals surface area contributed by atoms with Gasteiger partial charge in [0.2, 0.25) is 11.5 Å². The van der Waals surface area contributed by atoms with Crippen LogP contribution in [-0.4, -0.2) is 28.0 Å². The molecule has 3 aliphatic rings. The van der Waals surface area contributed by atoms with Crippen molar-refractivity contribution in [3.8, 4) is 17.2 Å². The SMILES string of the molecule is O=C(NC1CCCCC1)N[C@@]1([N+](=O)[O-])c2occ(Oc3cccc([N+](=O)[O-])c3)c2OC1C1CCCCC1. The molecule has 0 radical (unpaired) electrons. The number of non-ortho nitro benzene ring substituents is 1. The first kappa shape index (κ1) is 24.8. The fourth-order valence-corrected chi connectivity index (χ4v) is 5.78. The number of carbonyl (C=O) groups excluding carboxylic acids is 1. The van der Waals surface area contributed by atoms with Crippen LogP contribution in [0.4, 0.5) is 10.5 Å². The summed E-state index contributed by atoms with van der Waals surface area (Å²) in [5.41, 5.74) is -2.31. The lowest BCUT2D eigenvalue weighted by atomic mass is 9.80. The average Bonchev–Trinajstić information content (AvgIpc) is 3.44. The molecule has 2 aromatic rings. The number of nitrogens with one attached hydrogen (secondary N) is 2. The van der Waals surface area contributed by atoms with Crippen LogP contribution in [-0.2, 0) is 5.66 Å². The molecule has 0 bridgehead atoms. The topological polar surface area (TPSA) is 159 Å². The van der Waals surface area contributed by atoms with Gasteiger partial charge in [-0.25, -0.2) is 4.79 Å². The van der Waals surface area contributed by atoms with Gasteiger partial charge in [-0.05, 0) is 31.7 Å². The summed E-state index contributed by atoms with van der Waals surface area (Å²) in [6.07, 6.45) is 9.23. The van der Waals surface area contributed by atoms with Gasteiger partial charge in [0, 0.05) is 18.0 Å². The molecule has 2 heterocycles. The van der Waals surface area contributed by atoms with Crippen LogP contribution in [0.25, 0.3) is 0 Å². The number of hydrogen-bond donors (Lipinski definition) is 2. The molecule has 37 heavy (non-hydrogen) atoms. The molecule has 1 aromatic heterocycles. The second kappa shape index (κ2) is 10.3. The van der Waals surface area contributed by atoms with E-state index in [1.807, 2.05) is 0 Å². The normalized spacial score (nSPS) is 24.1. The van der Waals surface area contributed by atoms with Gasteiger partial charge in [0.1, 0.15) is 12.0 Å². The molecule has 1 unspecified atom stereocenters. The van der Waals surface area contributed by atoms with Gasteiger partial charge in [0.25, 0.3) is 11.4 Å². The van der Waals surface area contributed by atoms with Gasteiger partial charge in [-0.15, -0.1) is 0 Å². The van der Waals surface area contributed by atoms with Gasteiger partial charge in [0.05, 0.1) is 15.9 Å². The van der Waals surface area contributed by atoms with E-state index in [4.69, 9.17) is 13.9 Å². The van der Waals surface area contributed by atoms with Gasteiger partial charge in [-0.1, -0.05) is 44.6 Å².